The van der Waals surface area contributed by atoms with Crippen LogP contribution >= 0.6 is 27.3 Å². The van der Waals surface area contributed by atoms with Crippen LogP contribution in [0.1, 0.15) is 18.2 Å². The minimum atomic E-state index is 0.0940. The highest BCUT2D eigenvalue weighted by molar-refractivity contribution is 9.10. The van der Waals surface area contributed by atoms with Gasteiger partial charge in [-0.15, -0.1) is 11.3 Å². The molecule has 19 heavy (non-hydrogen) atoms. The molecule has 0 radical (unpaired) electrons. The molecule has 6 heteroatoms. The van der Waals surface area contributed by atoms with Crippen molar-refractivity contribution in [3.8, 4) is 0 Å². The highest BCUT2D eigenvalue weighted by Crippen LogP contribution is 2.20. The molecule has 1 aliphatic heterocycles. The van der Waals surface area contributed by atoms with E-state index in [1.54, 1.807) is 18.3 Å². The third-order valence-electron chi connectivity index (χ3n) is 3.24. The summed E-state index contributed by atoms with van der Waals surface area (Å²) < 4.78 is 1.03. The molecule has 2 rings (SSSR count). The van der Waals surface area contributed by atoms with Gasteiger partial charge in [-0.3, -0.25) is 9.59 Å². The number of thiophene rings is 1. The van der Waals surface area contributed by atoms with Crippen molar-refractivity contribution < 1.29 is 9.59 Å². The fourth-order valence-electron chi connectivity index (χ4n) is 2.19. The molecule has 104 valence electrons. The van der Waals surface area contributed by atoms with Gasteiger partial charge in [-0.2, -0.15) is 0 Å². The van der Waals surface area contributed by atoms with E-state index in [0.717, 1.165) is 28.9 Å². The number of hydrogen-bond acceptors (Lipinski definition) is 3. The predicted molar refractivity (Wildman–Crippen MR) is 79.2 cm³/mol. The second-order valence-corrected chi connectivity index (χ2v) is 6.56. The fourth-order valence-corrected chi connectivity index (χ4v) is 3.63. The molecule has 2 amide bonds. The maximum atomic E-state index is 12.2. The largest absolute Gasteiger partial charge is 0.341 e. The molecule has 1 saturated heterocycles. The van der Waals surface area contributed by atoms with E-state index < -0.39 is 0 Å². The van der Waals surface area contributed by atoms with Gasteiger partial charge in [-0.1, -0.05) is 0 Å². The van der Waals surface area contributed by atoms with Crippen LogP contribution in [0.4, 0.5) is 0 Å². The Morgan fingerprint density at radius 3 is 2.58 bits per heavy atom. The van der Waals surface area contributed by atoms with Crippen molar-refractivity contribution in [3.05, 3.63) is 20.8 Å². The van der Waals surface area contributed by atoms with Crippen LogP contribution in [0.3, 0.4) is 0 Å². The summed E-state index contributed by atoms with van der Waals surface area (Å²) in [6.45, 7) is 4.37. The van der Waals surface area contributed by atoms with Gasteiger partial charge in [0.1, 0.15) is 0 Å². The second-order valence-electron chi connectivity index (χ2n) is 4.65. The Morgan fingerprint density at radius 2 is 1.95 bits per heavy atom. The van der Waals surface area contributed by atoms with E-state index in [1.807, 2.05) is 21.2 Å². The molecule has 1 fully saturated rings. The quantitative estimate of drug-likeness (QED) is 0.824. The van der Waals surface area contributed by atoms with E-state index in [4.69, 9.17) is 0 Å². The molecule has 0 aromatic carbocycles. The zero-order valence-electron chi connectivity index (χ0n) is 10.9. The molecule has 4 nitrogen and oxygen atoms in total. The summed E-state index contributed by atoms with van der Waals surface area (Å²) in [5.74, 6) is 0.247. The van der Waals surface area contributed by atoms with Crippen LogP contribution in [0.25, 0.3) is 0 Å². The van der Waals surface area contributed by atoms with Gasteiger partial charge in [-0.25, -0.2) is 0 Å². The number of rotatable bonds is 2. The molecule has 0 atom stereocenters. The first-order valence-corrected chi connectivity index (χ1v) is 7.99. The van der Waals surface area contributed by atoms with Crippen molar-refractivity contribution in [3.63, 3.8) is 0 Å². The van der Waals surface area contributed by atoms with Crippen molar-refractivity contribution in [2.24, 2.45) is 0 Å². The Hall–Kier alpha value is -0.880. The molecular formula is C13H17BrN2O2S. The lowest BCUT2D eigenvalue weighted by Gasteiger charge is -2.21. The summed E-state index contributed by atoms with van der Waals surface area (Å²) in [5.41, 5.74) is 0. The average Bonchev–Trinajstić information content (AvgIpc) is 2.65. The minimum Gasteiger partial charge on any atom is -0.341 e. The highest BCUT2D eigenvalue weighted by Gasteiger charge is 2.20. The van der Waals surface area contributed by atoms with Crippen LogP contribution in [0.15, 0.2) is 15.9 Å². The normalized spacial score (nSPS) is 16.3. The Kier molecular flexibility index (Phi) is 4.99. The van der Waals surface area contributed by atoms with Crippen LogP contribution in [0.5, 0.6) is 0 Å². The summed E-state index contributed by atoms with van der Waals surface area (Å²) in [6.07, 6.45) is 1.32. The van der Waals surface area contributed by atoms with Gasteiger partial charge < -0.3 is 9.80 Å². The summed E-state index contributed by atoms with van der Waals surface area (Å²) >= 11 is 4.99. The third kappa shape index (κ3) is 4.04. The van der Waals surface area contributed by atoms with E-state index >= 15 is 0 Å². The second kappa shape index (κ2) is 6.52. The van der Waals surface area contributed by atoms with Gasteiger partial charge in [0.15, 0.2) is 0 Å². The minimum absolute atomic E-state index is 0.0940. The molecule has 1 aromatic rings. The molecule has 0 bridgehead atoms. The van der Waals surface area contributed by atoms with E-state index in [9.17, 15) is 9.59 Å². The van der Waals surface area contributed by atoms with E-state index in [-0.39, 0.29) is 11.8 Å². The maximum absolute atomic E-state index is 12.2. The molecule has 1 aromatic heterocycles. The standard InChI is InChI=1S/C13H17BrN2O2S/c1-10(17)15-3-2-4-16(6-5-15)13(18)8-12-7-11(14)9-19-12/h7,9H,2-6,8H2,1H3. The number of nitrogens with zero attached hydrogens (tertiary/aromatic N) is 2. The SMILES string of the molecule is CC(=O)N1CCCN(C(=O)Cc2cc(Br)cs2)CC1. The molecule has 0 aliphatic carbocycles. The first-order valence-electron chi connectivity index (χ1n) is 6.32. The Balaban J connectivity index is 1.91. The van der Waals surface area contributed by atoms with Gasteiger partial charge in [0.25, 0.3) is 0 Å². The number of carbonyl (C=O) groups excluding carboxylic acids is 2. The van der Waals surface area contributed by atoms with Crippen molar-refractivity contribution in [2.75, 3.05) is 26.2 Å². The van der Waals surface area contributed by atoms with Crippen LogP contribution < -0.4 is 0 Å². The topological polar surface area (TPSA) is 40.6 Å². The summed E-state index contributed by atoms with van der Waals surface area (Å²) in [7, 11) is 0. The summed E-state index contributed by atoms with van der Waals surface area (Å²) in [4.78, 5) is 28.3. The Labute approximate surface area is 125 Å². The Morgan fingerprint density at radius 1 is 1.26 bits per heavy atom. The van der Waals surface area contributed by atoms with Gasteiger partial charge in [0.05, 0.1) is 6.42 Å². The molecule has 1 aliphatic rings. The lowest BCUT2D eigenvalue weighted by molar-refractivity contribution is -0.132. The van der Waals surface area contributed by atoms with Crippen LogP contribution in [-0.2, 0) is 16.0 Å². The van der Waals surface area contributed by atoms with Crippen molar-refractivity contribution >= 4 is 39.1 Å². The third-order valence-corrected chi connectivity index (χ3v) is 4.94. The summed E-state index contributed by atoms with van der Waals surface area (Å²) in [5, 5.41) is 1.99. The molecule has 0 N–H and O–H groups in total. The van der Waals surface area contributed by atoms with Gasteiger partial charge in [0, 0.05) is 47.8 Å². The lowest BCUT2D eigenvalue weighted by Crippen LogP contribution is -2.37. The zero-order chi connectivity index (χ0) is 13.8. The molecule has 0 saturated carbocycles. The van der Waals surface area contributed by atoms with Crippen LogP contribution in [0.2, 0.25) is 0 Å². The average molecular weight is 345 g/mol. The first-order chi connectivity index (χ1) is 9.06. The van der Waals surface area contributed by atoms with Crippen LogP contribution in [0, 0.1) is 0 Å². The maximum Gasteiger partial charge on any atom is 0.227 e. The van der Waals surface area contributed by atoms with Crippen molar-refractivity contribution in [2.45, 2.75) is 19.8 Å². The lowest BCUT2D eigenvalue weighted by atomic mass is 10.3. The van der Waals surface area contributed by atoms with E-state index in [1.165, 1.54) is 0 Å². The van der Waals surface area contributed by atoms with Gasteiger partial charge >= 0.3 is 0 Å². The number of amides is 2. The Bertz CT molecular complexity index is 475. The van der Waals surface area contributed by atoms with E-state index in [2.05, 4.69) is 15.9 Å². The number of halogens is 1. The molecular weight excluding hydrogens is 328 g/mol. The number of carbonyl (C=O) groups is 2. The van der Waals surface area contributed by atoms with E-state index in [0.29, 0.717) is 19.5 Å². The predicted octanol–water partition coefficient (Wildman–Crippen LogP) is 2.13. The van der Waals surface area contributed by atoms with Gasteiger partial charge in [-0.05, 0) is 28.4 Å². The smallest absolute Gasteiger partial charge is 0.227 e. The number of hydrogen-bond donors (Lipinski definition) is 0. The zero-order valence-corrected chi connectivity index (χ0v) is 13.3. The molecule has 2 heterocycles. The fraction of sp³-hybridized carbons (Fsp3) is 0.538. The molecule has 0 unspecified atom stereocenters. The molecule has 0 spiro atoms. The summed E-state index contributed by atoms with van der Waals surface area (Å²) in [6, 6.07) is 1.99. The monoisotopic (exact) mass is 344 g/mol. The van der Waals surface area contributed by atoms with Gasteiger partial charge in [0.2, 0.25) is 11.8 Å². The van der Waals surface area contributed by atoms with Crippen molar-refractivity contribution in [1.29, 1.82) is 0 Å². The first kappa shape index (κ1) is 14.5. The van der Waals surface area contributed by atoms with Crippen molar-refractivity contribution in [1.82, 2.24) is 9.80 Å². The highest BCUT2D eigenvalue weighted by atomic mass is 79.9. The van der Waals surface area contributed by atoms with Crippen LogP contribution in [-0.4, -0.2) is 47.8 Å².